The third-order valence-electron chi connectivity index (χ3n) is 7.93. The van der Waals surface area contributed by atoms with Crippen molar-refractivity contribution in [1.29, 1.82) is 0 Å². The van der Waals surface area contributed by atoms with Crippen LogP contribution in [-0.4, -0.2) is 26.9 Å². The van der Waals surface area contributed by atoms with Gasteiger partial charge in [0, 0.05) is 29.6 Å². The minimum absolute atomic E-state index is 0.0113. The van der Waals surface area contributed by atoms with Gasteiger partial charge < -0.3 is 30.7 Å². The molecule has 5 N–H and O–H groups in total. The fourth-order valence-electron chi connectivity index (χ4n) is 5.20. The Morgan fingerprint density at radius 3 is 2.61 bits per heavy atom. The van der Waals surface area contributed by atoms with E-state index in [1.54, 1.807) is 38.1 Å². The summed E-state index contributed by atoms with van der Waals surface area (Å²) < 4.78 is 7.48. The Hall–Kier alpha value is -3.85. The number of carbonyl (C=O) groups is 2. The van der Waals surface area contributed by atoms with Crippen LogP contribution in [0.25, 0.3) is 0 Å². The van der Waals surface area contributed by atoms with Crippen molar-refractivity contribution in [3.63, 3.8) is 0 Å². The SMILES string of the molecule is Cc1c(N)cccc1[C@@]1(O)Oc2cc([C@@H](C)C3CC3)ccc2[C@]1(C=O)NC(=O)c1[nH]c(=O)n(C)c1C. The lowest BCUT2D eigenvalue weighted by Crippen LogP contribution is -2.61. The largest absolute Gasteiger partial charge is 0.454 e. The Morgan fingerprint density at radius 2 is 2.00 bits per heavy atom. The number of carbonyl (C=O) groups excluding carboxylic acids is 2. The Labute approximate surface area is 208 Å². The summed E-state index contributed by atoms with van der Waals surface area (Å²) in [7, 11) is 1.53. The number of fused-ring (bicyclic) bond motifs is 1. The van der Waals surface area contributed by atoms with Gasteiger partial charge in [-0.25, -0.2) is 4.79 Å². The highest BCUT2D eigenvalue weighted by atomic mass is 16.6. The molecule has 2 heterocycles. The van der Waals surface area contributed by atoms with Crippen molar-refractivity contribution in [1.82, 2.24) is 14.9 Å². The number of nitrogens with zero attached hydrogens (tertiary/aromatic N) is 1. The zero-order valence-electron chi connectivity index (χ0n) is 20.7. The molecule has 0 radical (unpaired) electrons. The van der Waals surface area contributed by atoms with Crippen molar-refractivity contribution in [2.75, 3.05) is 5.73 Å². The minimum Gasteiger partial charge on any atom is -0.454 e. The van der Waals surface area contributed by atoms with Crippen LogP contribution < -0.4 is 21.5 Å². The number of nitrogens with one attached hydrogen (secondary N) is 2. The predicted octanol–water partition coefficient (Wildman–Crippen LogP) is 2.49. The van der Waals surface area contributed by atoms with Crippen LogP contribution in [0.1, 0.15) is 64.1 Å². The van der Waals surface area contributed by atoms with Crippen LogP contribution in [0.5, 0.6) is 5.75 Å². The van der Waals surface area contributed by atoms with Gasteiger partial charge >= 0.3 is 5.69 Å². The lowest BCUT2D eigenvalue weighted by atomic mass is 9.78. The van der Waals surface area contributed by atoms with Crippen LogP contribution in [0.4, 0.5) is 5.69 Å². The molecule has 1 aliphatic heterocycles. The number of anilines is 1. The van der Waals surface area contributed by atoms with E-state index in [4.69, 9.17) is 10.5 Å². The third kappa shape index (κ3) is 3.30. The van der Waals surface area contributed by atoms with Crippen molar-refractivity contribution in [3.05, 3.63) is 80.5 Å². The first-order valence-corrected chi connectivity index (χ1v) is 12.0. The van der Waals surface area contributed by atoms with Gasteiger partial charge in [0.05, 0.1) is 0 Å². The monoisotopic (exact) mass is 490 g/mol. The topological polar surface area (TPSA) is 139 Å². The maximum atomic E-state index is 13.5. The standard InChI is InChI=1S/C27H30N4O5/c1-14(17-8-9-17)18-10-11-20-22(12-18)36-27(35,19-6-5-7-21(28)15(19)2)26(20,13-32)30-24(33)23-16(3)31(4)25(34)29-23/h5-7,10-14,17,35H,8-9,28H2,1-4H3,(H,29,34)(H,30,33)/t14-,26-,27+/m0/s1. The summed E-state index contributed by atoms with van der Waals surface area (Å²) in [4.78, 5) is 41.1. The van der Waals surface area contributed by atoms with E-state index < -0.39 is 22.9 Å². The van der Waals surface area contributed by atoms with Crippen molar-refractivity contribution in [2.24, 2.45) is 13.0 Å². The van der Waals surface area contributed by atoms with E-state index in [0.717, 1.165) is 18.4 Å². The molecule has 3 aromatic rings. The summed E-state index contributed by atoms with van der Waals surface area (Å²) >= 11 is 0. The van der Waals surface area contributed by atoms with E-state index >= 15 is 0 Å². The number of ether oxygens (including phenoxy) is 1. The number of rotatable bonds is 6. The normalized spacial score (nSPS) is 23.6. The van der Waals surface area contributed by atoms with E-state index in [9.17, 15) is 19.5 Å². The highest BCUT2D eigenvalue weighted by Crippen LogP contribution is 2.53. The van der Waals surface area contributed by atoms with Gasteiger partial charge in [-0.15, -0.1) is 0 Å². The quantitative estimate of drug-likeness (QED) is 0.309. The van der Waals surface area contributed by atoms with Crippen LogP contribution in [0.2, 0.25) is 0 Å². The van der Waals surface area contributed by atoms with Crippen LogP contribution in [-0.2, 0) is 23.2 Å². The van der Waals surface area contributed by atoms with Gasteiger partial charge in [0.15, 0.2) is 11.8 Å². The number of aldehydes is 1. The molecule has 0 saturated heterocycles. The summed E-state index contributed by atoms with van der Waals surface area (Å²) in [5.41, 5.74) is 6.53. The molecular formula is C27H30N4O5. The number of amides is 1. The van der Waals surface area contributed by atoms with E-state index in [1.807, 2.05) is 12.1 Å². The van der Waals surface area contributed by atoms with Gasteiger partial charge in [-0.05, 0) is 61.8 Å². The molecule has 0 spiro atoms. The molecule has 1 fully saturated rings. The number of hydrogen-bond acceptors (Lipinski definition) is 6. The molecule has 1 saturated carbocycles. The van der Waals surface area contributed by atoms with Crippen molar-refractivity contribution in [2.45, 2.75) is 50.9 Å². The molecule has 9 nitrogen and oxygen atoms in total. The van der Waals surface area contributed by atoms with Crippen LogP contribution in [0.15, 0.2) is 41.2 Å². The van der Waals surface area contributed by atoms with E-state index in [1.165, 1.54) is 11.6 Å². The molecule has 36 heavy (non-hydrogen) atoms. The Kier molecular flexibility index (Phi) is 5.37. The molecule has 1 aliphatic carbocycles. The average molecular weight is 491 g/mol. The molecule has 0 bridgehead atoms. The molecule has 3 atom stereocenters. The highest BCUT2D eigenvalue weighted by molar-refractivity contribution is 5.97. The Balaban J connectivity index is 1.69. The van der Waals surface area contributed by atoms with Gasteiger partial charge in [-0.3, -0.25) is 9.36 Å². The van der Waals surface area contributed by atoms with Crippen LogP contribution in [0.3, 0.4) is 0 Å². The number of H-pyrrole nitrogens is 1. The number of benzene rings is 2. The molecule has 9 heteroatoms. The van der Waals surface area contributed by atoms with Crippen molar-refractivity contribution in [3.8, 4) is 5.75 Å². The fraction of sp³-hybridized carbons (Fsp3) is 0.370. The van der Waals surface area contributed by atoms with Gasteiger partial charge in [-0.2, -0.15) is 0 Å². The molecule has 0 unspecified atom stereocenters. The lowest BCUT2D eigenvalue weighted by Gasteiger charge is -2.38. The Morgan fingerprint density at radius 1 is 1.28 bits per heavy atom. The number of imidazole rings is 1. The first-order chi connectivity index (χ1) is 17.0. The van der Waals surface area contributed by atoms with Gasteiger partial charge in [0.25, 0.3) is 11.7 Å². The fourth-order valence-corrected chi connectivity index (χ4v) is 5.20. The number of nitrogens with two attached hydrogens (primary N) is 1. The molecule has 2 aliphatic rings. The summed E-state index contributed by atoms with van der Waals surface area (Å²) in [6, 6.07) is 10.4. The Bertz CT molecular complexity index is 1450. The maximum absolute atomic E-state index is 13.5. The molecule has 5 rings (SSSR count). The zero-order chi connectivity index (χ0) is 26.0. The second kappa shape index (κ2) is 8.09. The summed E-state index contributed by atoms with van der Waals surface area (Å²) in [6.07, 6.45) is 2.81. The lowest BCUT2D eigenvalue weighted by molar-refractivity contribution is -0.187. The van der Waals surface area contributed by atoms with Gasteiger partial charge in [0.1, 0.15) is 11.4 Å². The zero-order valence-corrected chi connectivity index (χ0v) is 20.7. The number of aromatic nitrogens is 2. The van der Waals surface area contributed by atoms with Gasteiger partial charge in [-0.1, -0.05) is 31.2 Å². The molecule has 1 amide bonds. The summed E-state index contributed by atoms with van der Waals surface area (Å²) in [6.45, 7) is 5.47. The van der Waals surface area contributed by atoms with Crippen LogP contribution >= 0.6 is 0 Å². The van der Waals surface area contributed by atoms with Crippen molar-refractivity contribution >= 4 is 17.9 Å². The average Bonchev–Trinajstić information content (AvgIpc) is 3.63. The first kappa shape index (κ1) is 23.9. The van der Waals surface area contributed by atoms with E-state index in [0.29, 0.717) is 46.4 Å². The molecule has 188 valence electrons. The maximum Gasteiger partial charge on any atom is 0.326 e. The number of hydrogen-bond donors (Lipinski definition) is 4. The minimum atomic E-state index is -2.30. The summed E-state index contributed by atoms with van der Waals surface area (Å²) in [5.74, 6) is -1.84. The number of aromatic amines is 1. The van der Waals surface area contributed by atoms with E-state index in [-0.39, 0.29) is 11.3 Å². The predicted molar refractivity (Wildman–Crippen MR) is 134 cm³/mol. The molecular weight excluding hydrogens is 460 g/mol. The second-order valence-electron chi connectivity index (χ2n) is 9.98. The second-order valence-corrected chi connectivity index (χ2v) is 9.98. The summed E-state index contributed by atoms with van der Waals surface area (Å²) in [5, 5.41) is 14.9. The first-order valence-electron chi connectivity index (χ1n) is 12.0. The van der Waals surface area contributed by atoms with E-state index in [2.05, 4.69) is 17.2 Å². The molecule has 2 aromatic carbocycles. The smallest absolute Gasteiger partial charge is 0.326 e. The van der Waals surface area contributed by atoms with Crippen molar-refractivity contribution < 1.29 is 19.4 Å². The highest BCUT2D eigenvalue weighted by Gasteiger charge is 2.63. The number of aliphatic hydroxyl groups is 1. The van der Waals surface area contributed by atoms with Gasteiger partial charge in [0.2, 0.25) is 0 Å². The number of nitrogen functional groups attached to an aromatic ring is 1. The molecule has 1 aromatic heterocycles. The van der Waals surface area contributed by atoms with Crippen LogP contribution in [0, 0.1) is 19.8 Å². The third-order valence-corrected chi connectivity index (χ3v) is 7.93.